The lowest BCUT2D eigenvalue weighted by Gasteiger charge is -2.35. The fourth-order valence-corrected chi connectivity index (χ4v) is 2.94. The van der Waals surface area contributed by atoms with Gasteiger partial charge in [0.15, 0.2) is 0 Å². The van der Waals surface area contributed by atoms with E-state index in [1.165, 1.54) is 38.5 Å². The normalized spacial score (nSPS) is 30.6. The largest absolute Gasteiger partial charge is 0.396 e. The summed E-state index contributed by atoms with van der Waals surface area (Å²) in [5.74, 6) is 1.70. The fraction of sp³-hybridized carbons (Fsp3) is 1.00. The third-order valence-electron chi connectivity index (χ3n) is 4.01. The van der Waals surface area contributed by atoms with Gasteiger partial charge in [0.25, 0.3) is 0 Å². The van der Waals surface area contributed by atoms with Crippen LogP contribution in [0.3, 0.4) is 0 Å². The summed E-state index contributed by atoms with van der Waals surface area (Å²) in [6.45, 7) is 6.28. The van der Waals surface area contributed by atoms with Crippen molar-refractivity contribution >= 4 is 0 Å². The molecule has 2 heteroatoms. The van der Waals surface area contributed by atoms with Crippen LogP contribution < -0.4 is 5.32 Å². The van der Waals surface area contributed by atoms with Crippen molar-refractivity contribution in [2.75, 3.05) is 13.2 Å². The maximum atomic E-state index is 8.68. The molecule has 96 valence electrons. The first-order valence-electron chi connectivity index (χ1n) is 7.10. The molecule has 1 aliphatic rings. The van der Waals surface area contributed by atoms with Crippen LogP contribution in [-0.2, 0) is 0 Å². The first-order chi connectivity index (χ1) is 7.75. The molecule has 0 saturated heterocycles. The number of nitrogens with one attached hydrogen (secondary N) is 1. The lowest BCUT2D eigenvalue weighted by atomic mass is 9.79. The van der Waals surface area contributed by atoms with Crippen LogP contribution in [-0.4, -0.2) is 24.3 Å². The van der Waals surface area contributed by atoms with Gasteiger partial charge in [-0.3, -0.25) is 0 Å². The molecule has 0 bridgehead atoms. The molecule has 2 N–H and O–H groups in total. The highest BCUT2D eigenvalue weighted by molar-refractivity contribution is 4.83. The molecular weight excluding hydrogens is 198 g/mol. The summed E-state index contributed by atoms with van der Waals surface area (Å²) in [6.07, 6.45) is 8.86. The standard InChI is InChI=1S/C14H29NO/c1-12-8-7-9-13(2)14(12)15-10-5-3-4-6-11-16/h12-16H,3-11H2,1-2H3. The lowest BCUT2D eigenvalue weighted by molar-refractivity contribution is 0.208. The average molecular weight is 227 g/mol. The topological polar surface area (TPSA) is 32.3 Å². The van der Waals surface area contributed by atoms with Crippen molar-refractivity contribution in [3.8, 4) is 0 Å². The zero-order chi connectivity index (χ0) is 11.8. The van der Waals surface area contributed by atoms with Gasteiger partial charge in [-0.2, -0.15) is 0 Å². The van der Waals surface area contributed by atoms with Crippen LogP contribution >= 0.6 is 0 Å². The van der Waals surface area contributed by atoms with E-state index in [9.17, 15) is 0 Å². The van der Waals surface area contributed by atoms with Crippen LogP contribution in [0, 0.1) is 11.8 Å². The predicted molar refractivity (Wildman–Crippen MR) is 69.5 cm³/mol. The van der Waals surface area contributed by atoms with Gasteiger partial charge in [-0.15, -0.1) is 0 Å². The molecule has 2 atom stereocenters. The van der Waals surface area contributed by atoms with E-state index >= 15 is 0 Å². The molecule has 0 amide bonds. The molecule has 0 spiro atoms. The highest BCUT2D eigenvalue weighted by Crippen LogP contribution is 2.28. The second kappa shape index (κ2) is 8.08. The lowest BCUT2D eigenvalue weighted by Crippen LogP contribution is -2.43. The zero-order valence-corrected chi connectivity index (χ0v) is 11.0. The minimum atomic E-state index is 0.351. The van der Waals surface area contributed by atoms with Crippen molar-refractivity contribution in [2.45, 2.75) is 64.8 Å². The molecule has 0 aliphatic heterocycles. The monoisotopic (exact) mass is 227 g/mol. The number of aliphatic hydroxyl groups is 1. The van der Waals surface area contributed by atoms with E-state index in [4.69, 9.17) is 5.11 Å². The van der Waals surface area contributed by atoms with E-state index in [0.29, 0.717) is 6.61 Å². The highest BCUT2D eigenvalue weighted by atomic mass is 16.2. The van der Waals surface area contributed by atoms with Crippen LogP contribution in [0.25, 0.3) is 0 Å². The molecule has 16 heavy (non-hydrogen) atoms. The van der Waals surface area contributed by atoms with Crippen molar-refractivity contribution in [1.29, 1.82) is 0 Å². The van der Waals surface area contributed by atoms with Gasteiger partial charge in [-0.1, -0.05) is 33.1 Å². The van der Waals surface area contributed by atoms with Gasteiger partial charge < -0.3 is 10.4 Å². The Morgan fingerprint density at radius 3 is 2.25 bits per heavy atom. The first-order valence-corrected chi connectivity index (χ1v) is 7.10. The summed E-state index contributed by atoms with van der Waals surface area (Å²) in [4.78, 5) is 0. The van der Waals surface area contributed by atoms with Gasteiger partial charge in [0.1, 0.15) is 0 Å². The Kier molecular flexibility index (Phi) is 7.06. The van der Waals surface area contributed by atoms with Crippen molar-refractivity contribution in [2.24, 2.45) is 11.8 Å². The van der Waals surface area contributed by atoms with E-state index in [2.05, 4.69) is 19.2 Å². The molecule has 1 fully saturated rings. The molecule has 2 nitrogen and oxygen atoms in total. The Hall–Kier alpha value is -0.0800. The van der Waals surface area contributed by atoms with Gasteiger partial charge in [0.05, 0.1) is 0 Å². The van der Waals surface area contributed by atoms with Gasteiger partial charge in [0, 0.05) is 12.6 Å². The zero-order valence-electron chi connectivity index (χ0n) is 11.0. The van der Waals surface area contributed by atoms with Crippen LogP contribution in [0.2, 0.25) is 0 Å². The highest BCUT2D eigenvalue weighted by Gasteiger charge is 2.26. The molecule has 0 aromatic rings. The van der Waals surface area contributed by atoms with Gasteiger partial charge in [-0.05, 0) is 44.1 Å². The molecule has 0 aromatic carbocycles. The molecular formula is C14H29NO. The molecule has 1 saturated carbocycles. The first kappa shape index (κ1) is 14.0. The minimum absolute atomic E-state index is 0.351. The smallest absolute Gasteiger partial charge is 0.0431 e. The Labute approximate surface area is 101 Å². The number of hydrogen-bond donors (Lipinski definition) is 2. The molecule has 1 rings (SSSR count). The van der Waals surface area contributed by atoms with Gasteiger partial charge >= 0.3 is 0 Å². The maximum absolute atomic E-state index is 8.68. The van der Waals surface area contributed by atoms with Crippen molar-refractivity contribution in [1.82, 2.24) is 5.32 Å². The molecule has 0 radical (unpaired) electrons. The number of rotatable bonds is 7. The Morgan fingerprint density at radius 1 is 1.00 bits per heavy atom. The van der Waals surface area contributed by atoms with Crippen LogP contribution in [0.1, 0.15) is 58.8 Å². The van der Waals surface area contributed by atoms with E-state index in [1.54, 1.807) is 0 Å². The van der Waals surface area contributed by atoms with E-state index < -0.39 is 0 Å². The quantitative estimate of drug-likeness (QED) is 0.655. The number of unbranched alkanes of at least 4 members (excludes halogenated alkanes) is 3. The van der Waals surface area contributed by atoms with Crippen LogP contribution in [0.5, 0.6) is 0 Å². The third kappa shape index (κ3) is 4.84. The maximum Gasteiger partial charge on any atom is 0.0431 e. The fourth-order valence-electron chi connectivity index (χ4n) is 2.94. The summed E-state index contributed by atoms with van der Waals surface area (Å²) < 4.78 is 0. The third-order valence-corrected chi connectivity index (χ3v) is 4.01. The second-order valence-corrected chi connectivity index (χ2v) is 5.50. The Morgan fingerprint density at radius 2 is 1.62 bits per heavy atom. The van der Waals surface area contributed by atoms with E-state index in [1.807, 2.05) is 0 Å². The summed E-state index contributed by atoms with van der Waals surface area (Å²) >= 11 is 0. The SMILES string of the molecule is CC1CCCC(C)C1NCCCCCCO. The van der Waals surface area contributed by atoms with Gasteiger partial charge in [-0.25, -0.2) is 0 Å². The molecule has 2 unspecified atom stereocenters. The van der Waals surface area contributed by atoms with Crippen molar-refractivity contribution in [3.05, 3.63) is 0 Å². The predicted octanol–water partition coefficient (Wildman–Crippen LogP) is 2.95. The molecule has 0 heterocycles. The second-order valence-electron chi connectivity index (χ2n) is 5.50. The van der Waals surface area contributed by atoms with Crippen molar-refractivity contribution in [3.63, 3.8) is 0 Å². The Bertz CT molecular complexity index is 162. The van der Waals surface area contributed by atoms with E-state index in [0.717, 1.165) is 30.8 Å². The summed E-state index contributed by atoms with van der Waals surface area (Å²) in [5, 5.41) is 12.4. The minimum Gasteiger partial charge on any atom is -0.396 e. The van der Waals surface area contributed by atoms with Crippen molar-refractivity contribution < 1.29 is 5.11 Å². The number of hydrogen-bond acceptors (Lipinski definition) is 2. The van der Waals surface area contributed by atoms with Crippen LogP contribution in [0.4, 0.5) is 0 Å². The summed E-state index contributed by atoms with van der Waals surface area (Å²) in [7, 11) is 0. The van der Waals surface area contributed by atoms with E-state index in [-0.39, 0.29) is 0 Å². The summed E-state index contributed by atoms with van der Waals surface area (Å²) in [6, 6.07) is 0.742. The van der Waals surface area contributed by atoms with Crippen LogP contribution in [0.15, 0.2) is 0 Å². The Balaban J connectivity index is 2.06. The molecule has 1 aliphatic carbocycles. The van der Waals surface area contributed by atoms with Gasteiger partial charge in [0.2, 0.25) is 0 Å². The average Bonchev–Trinajstić information content (AvgIpc) is 2.26. The summed E-state index contributed by atoms with van der Waals surface area (Å²) in [5.41, 5.74) is 0. The molecule has 0 aromatic heterocycles. The number of aliphatic hydroxyl groups excluding tert-OH is 1.